The van der Waals surface area contributed by atoms with Crippen LogP contribution in [0.2, 0.25) is 0 Å². The van der Waals surface area contributed by atoms with Gasteiger partial charge in [-0.3, -0.25) is 4.79 Å². The van der Waals surface area contributed by atoms with E-state index in [1.54, 1.807) is 11.8 Å². The lowest BCUT2D eigenvalue weighted by Crippen LogP contribution is -2.29. The molecule has 3 aromatic rings. The zero-order valence-corrected chi connectivity index (χ0v) is 15.7. The fourth-order valence-electron chi connectivity index (χ4n) is 2.49. The molecule has 0 bridgehead atoms. The van der Waals surface area contributed by atoms with E-state index in [2.05, 4.69) is 37.5 Å². The lowest BCUT2D eigenvalue weighted by atomic mass is 10.1. The van der Waals surface area contributed by atoms with Crippen LogP contribution in [0.25, 0.3) is 11.0 Å². The van der Waals surface area contributed by atoms with E-state index in [1.165, 1.54) is 0 Å². The van der Waals surface area contributed by atoms with E-state index in [0.29, 0.717) is 5.56 Å². The fraction of sp³-hybridized carbons (Fsp3) is 0.222. The maximum atomic E-state index is 12.5. The van der Waals surface area contributed by atoms with Crippen LogP contribution in [-0.4, -0.2) is 27.9 Å². The van der Waals surface area contributed by atoms with Crippen LogP contribution in [0.15, 0.2) is 53.0 Å². The van der Waals surface area contributed by atoms with Crippen LogP contribution in [0.1, 0.15) is 28.6 Å². The van der Waals surface area contributed by atoms with Crippen LogP contribution >= 0.6 is 27.7 Å². The Balaban J connectivity index is 1.83. The van der Waals surface area contributed by atoms with Crippen molar-refractivity contribution >= 4 is 44.6 Å². The summed E-state index contributed by atoms with van der Waals surface area (Å²) >= 11 is 5.14. The SMILES string of the molecule is CSCC[C@H](NC(=O)c1ccc(Br)cc1)c1nc2ccccc2[nH]1. The summed E-state index contributed by atoms with van der Waals surface area (Å²) in [6.07, 6.45) is 2.88. The van der Waals surface area contributed by atoms with Crippen molar-refractivity contribution in [3.05, 3.63) is 64.4 Å². The summed E-state index contributed by atoms with van der Waals surface area (Å²) in [7, 11) is 0. The first-order chi connectivity index (χ1) is 11.7. The number of fused-ring (bicyclic) bond motifs is 1. The minimum absolute atomic E-state index is 0.0888. The number of halogens is 1. The van der Waals surface area contributed by atoms with Crippen LogP contribution < -0.4 is 5.32 Å². The monoisotopic (exact) mass is 403 g/mol. The van der Waals surface area contributed by atoms with Gasteiger partial charge < -0.3 is 10.3 Å². The number of carbonyl (C=O) groups is 1. The van der Waals surface area contributed by atoms with Crippen molar-refractivity contribution in [2.45, 2.75) is 12.5 Å². The number of imidazole rings is 1. The van der Waals surface area contributed by atoms with Crippen molar-refractivity contribution in [2.75, 3.05) is 12.0 Å². The number of para-hydroxylation sites is 2. The largest absolute Gasteiger partial charge is 0.342 e. The van der Waals surface area contributed by atoms with Crippen molar-refractivity contribution in [1.82, 2.24) is 15.3 Å². The first kappa shape index (κ1) is 17.0. The Kier molecular flexibility index (Phi) is 5.58. The molecule has 0 unspecified atom stereocenters. The quantitative estimate of drug-likeness (QED) is 0.634. The Bertz CT molecular complexity index is 799. The summed E-state index contributed by atoms with van der Waals surface area (Å²) in [5.74, 6) is 1.66. The first-order valence-electron chi connectivity index (χ1n) is 7.67. The van der Waals surface area contributed by atoms with Crippen LogP contribution in [0, 0.1) is 0 Å². The van der Waals surface area contributed by atoms with Gasteiger partial charge in [0.1, 0.15) is 5.82 Å². The number of hydrogen-bond donors (Lipinski definition) is 2. The Hall–Kier alpha value is -1.79. The van der Waals surface area contributed by atoms with E-state index in [4.69, 9.17) is 0 Å². The molecule has 0 aliphatic heterocycles. The van der Waals surface area contributed by atoms with Gasteiger partial charge in [-0.1, -0.05) is 28.1 Å². The summed E-state index contributed by atoms with van der Waals surface area (Å²) < 4.78 is 0.954. The van der Waals surface area contributed by atoms with Gasteiger partial charge in [0.25, 0.3) is 5.91 Å². The number of nitrogens with one attached hydrogen (secondary N) is 2. The molecule has 0 spiro atoms. The molecule has 0 fully saturated rings. The number of thioether (sulfide) groups is 1. The summed E-state index contributed by atoms with van der Waals surface area (Å²) in [5.41, 5.74) is 2.54. The van der Waals surface area contributed by atoms with Gasteiger partial charge in [0.05, 0.1) is 17.1 Å². The molecule has 2 N–H and O–H groups in total. The maximum absolute atomic E-state index is 12.5. The van der Waals surface area contributed by atoms with Crippen molar-refractivity contribution in [3.8, 4) is 0 Å². The molecule has 2 aromatic carbocycles. The third-order valence-corrected chi connectivity index (χ3v) is 4.93. The lowest BCUT2D eigenvalue weighted by molar-refractivity contribution is 0.0934. The van der Waals surface area contributed by atoms with Crippen molar-refractivity contribution < 1.29 is 4.79 Å². The predicted molar refractivity (Wildman–Crippen MR) is 103 cm³/mol. The third-order valence-electron chi connectivity index (χ3n) is 3.76. The second-order valence-corrected chi connectivity index (χ2v) is 7.35. The van der Waals surface area contributed by atoms with Gasteiger partial charge in [-0.15, -0.1) is 0 Å². The van der Waals surface area contributed by atoms with E-state index in [0.717, 1.165) is 33.5 Å². The van der Waals surface area contributed by atoms with Crippen LogP contribution in [0.5, 0.6) is 0 Å². The smallest absolute Gasteiger partial charge is 0.251 e. The highest BCUT2D eigenvalue weighted by Gasteiger charge is 2.19. The van der Waals surface area contributed by atoms with Gasteiger partial charge >= 0.3 is 0 Å². The van der Waals surface area contributed by atoms with Gasteiger partial charge in [0.2, 0.25) is 0 Å². The number of benzene rings is 2. The third kappa shape index (κ3) is 3.99. The summed E-state index contributed by atoms with van der Waals surface area (Å²) in [4.78, 5) is 20.5. The molecule has 4 nitrogen and oxygen atoms in total. The van der Waals surface area contributed by atoms with Gasteiger partial charge in [0.15, 0.2) is 0 Å². The average molecular weight is 404 g/mol. The Labute approximate surface area is 153 Å². The van der Waals surface area contributed by atoms with Gasteiger partial charge in [-0.2, -0.15) is 11.8 Å². The number of aromatic amines is 1. The molecular weight excluding hydrogens is 386 g/mol. The summed E-state index contributed by atoms with van der Waals surface area (Å²) in [5, 5.41) is 3.10. The molecule has 1 amide bonds. The molecule has 1 heterocycles. The molecule has 124 valence electrons. The molecule has 1 atom stereocenters. The Morgan fingerprint density at radius 1 is 1.25 bits per heavy atom. The number of hydrogen-bond acceptors (Lipinski definition) is 3. The van der Waals surface area contributed by atoms with Crippen LogP contribution in [0.3, 0.4) is 0 Å². The Morgan fingerprint density at radius 3 is 2.71 bits per heavy atom. The predicted octanol–water partition coefficient (Wildman–Crippen LogP) is 4.55. The molecule has 3 rings (SSSR count). The number of carbonyl (C=O) groups excluding carboxylic acids is 1. The zero-order valence-electron chi connectivity index (χ0n) is 13.3. The van der Waals surface area contributed by atoms with Crippen LogP contribution in [-0.2, 0) is 0 Å². The van der Waals surface area contributed by atoms with E-state index in [-0.39, 0.29) is 11.9 Å². The fourth-order valence-corrected chi connectivity index (χ4v) is 3.23. The van der Waals surface area contributed by atoms with Gasteiger partial charge in [0, 0.05) is 10.0 Å². The van der Waals surface area contributed by atoms with Crippen LogP contribution in [0.4, 0.5) is 0 Å². The second kappa shape index (κ2) is 7.85. The molecule has 0 radical (unpaired) electrons. The molecule has 0 saturated carbocycles. The minimum atomic E-state index is -0.138. The van der Waals surface area contributed by atoms with Crippen molar-refractivity contribution in [2.24, 2.45) is 0 Å². The minimum Gasteiger partial charge on any atom is -0.342 e. The molecule has 1 aromatic heterocycles. The number of amides is 1. The van der Waals surface area contributed by atoms with Crippen molar-refractivity contribution in [1.29, 1.82) is 0 Å². The number of aromatic nitrogens is 2. The molecule has 0 aliphatic rings. The molecular formula is C18H18BrN3OS. The topological polar surface area (TPSA) is 57.8 Å². The molecule has 0 aliphatic carbocycles. The number of H-pyrrole nitrogens is 1. The van der Waals surface area contributed by atoms with E-state index in [1.807, 2.05) is 48.5 Å². The lowest BCUT2D eigenvalue weighted by Gasteiger charge is -2.16. The Morgan fingerprint density at radius 2 is 2.00 bits per heavy atom. The number of rotatable bonds is 6. The molecule has 0 saturated heterocycles. The van der Waals surface area contributed by atoms with Gasteiger partial charge in [-0.05, 0) is 54.8 Å². The molecule has 24 heavy (non-hydrogen) atoms. The summed E-state index contributed by atoms with van der Waals surface area (Å²) in [6.45, 7) is 0. The van der Waals surface area contributed by atoms with E-state index < -0.39 is 0 Å². The maximum Gasteiger partial charge on any atom is 0.251 e. The van der Waals surface area contributed by atoms with Gasteiger partial charge in [-0.25, -0.2) is 4.98 Å². The first-order valence-corrected chi connectivity index (χ1v) is 9.86. The normalized spacial score (nSPS) is 12.2. The van der Waals surface area contributed by atoms with E-state index in [9.17, 15) is 4.79 Å². The number of nitrogens with zero attached hydrogens (tertiary/aromatic N) is 1. The second-order valence-electron chi connectivity index (χ2n) is 5.45. The zero-order chi connectivity index (χ0) is 16.9. The highest BCUT2D eigenvalue weighted by Crippen LogP contribution is 2.21. The highest BCUT2D eigenvalue weighted by atomic mass is 79.9. The van der Waals surface area contributed by atoms with E-state index >= 15 is 0 Å². The molecule has 6 heteroatoms. The highest BCUT2D eigenvalue weighted by molar-refractivity contribution is 9.10. The van der Waals surface area contributed by atoms with Crippen molar-refractivity contribution in [3.63, 3.8) is 0 Å². The standard InChI is InChI=1S/C18H18BrN3OS/c1-24-11-10-16(17-20-14-4-2-3-5-15(14)21-17)22-18(23)12-6-8-13(19)9-7-12/h2-9,16H,10-11H2,1H3,(H,20,21)(H,22,23)/t16-/m0/s1. The average Bonchev–Trinajstić information content (AvgIpc) is 3.03. The summed E-state index contributed by atoms with van der Waals surface area (Å²) in [6, 6.07) is 15.1.